The van der Waals surface area contributed by atoms with E-state index in [1.807, 2.05) is 0 Å². The van der Waals surface area contributed by atoms with Gasteiger partial charge in [-0.2, -0.15) is 13.2 Å². The summed E-state index contributed by atoms with van der Waals surface area (Å²) in [6.07, 6.45) is 0. The summed E-state index contributed by atoms with van der Waals surface area (Å²) < 4.78 is 33.6. The van der Waals surface area contributed by atoms with Crippen molar-refractivity contribution in [3.63, 3.8) is 0 Å². The van der Waals surface area contributed by atoms with Crippen LogP contribution in [0.15, 0.2) is 0 Å². The van der Waals surface area contributed by atoms with Crippen LogP contribution in [-0.4, -0.2) is 5.92 Å². The smallest absolute Gasteiger partial charge is 0.164 e. The third-order valence-corrected chi connectivity index (χ3v) is 2.59. The molecule has 0 saturated carbocycles. The molecule has 0 aromatic heterocycles. The molecule has 8 heavy (non-hydrogen) atoms. The summed E-state index contributed by atoms with van der Waals surface area (Å²) in [6, 6.07) is 0. The highest BCUT2D eigenvalue weighted by Crippen LogP contribution is 2.83. The standard InChI is InChI=1S/CCl3F3P/c2-8(3,4)1(5,6)7. The predicted molar refractivity (Wildman–Crippen MR) is 30.5 cm³/mol. The van der Waals surface area contributed by atoms with Crippen molar-refractivity contribution in [1.29, 1.82) is 0 Å². The second-order valence-electron chi connectivity index (χ2n) is 0.913. The first kappa shape index (κ1) is 9.09. The lowest BCUT2D eigenvalue weighted by molar-refractivity contribution is -0.0376. The van der Waals surface area contributed by atoms with Gasteiger partial charge in [0, 0.05) is 0 Å². The van der Waals surface area contributed by atoms with E-state index in [1.165, 1.54) is 0 Å². The molecule has 0 saturated heterocycles. The molecule has 1 radical (unpaired) electrons. The molecule has 0 bridgehead atoms. The number of alkyl halides is 3. The van der Waals surface area contributed by atoms with Crippen molar-refractivity contribution in [2.75, 3.05) is 0 Å². The maximum absolute atomic E-state index is 11.2. The van der Waals surface area contributed by atoms with Crippen molar-refractivity contribution in [3.05, 3.63) is 0 Å². The van der Waals surface area contributed by atoms with E-state index in [1.54, 1.807) is 0 Å². The van der Waals surface area contributed by atoms with Crippen LogP contribution in [-0.2, 0) is 0 Å². The van der Waals surface area contributed by atoms with Gasteiger partial charge in [-0.15, -0.1) is 0 Å². The van der Waals surface area contributed by atoms with E-state index in [9.17, 15) is 13.2 Å². The largest absolute Gasteiger partial charge is 0.441 e. The average molecular weight is 206 g/mol. The van der Waals surface area contributed by atoms with E-state index in [2.05, 4.69) is 33.7 Å². The zero-order chi connectivity index (χ0) is 7.00. The van der Waals surface area contributed by atoms with Crippen LogP contribution in [0.5, 0.6) is 0 Å². The molecular weight excluding hydrogens is 206 g/mol. The molecular formula is CCl3F3P. The van der Waals surface area contributed by atoms with Crippen molar-refractivity contribution < 1.29 is 13.2 Å². The zero-order valence-corrected chi connectivity index (χ0v) is 6.38. The van der Waals surface area contributed by atoms with Gasteiger partial charge in [0.2, 0.25) is 5.32 Å². The molecule has 0 nitrogen and oxygen atoms in total. The second kappa shape index (κ2) is 2.37. The van der Waals surface area contributed by atoms with E-state index >= 15 is 0 Å². The van der Waals surface area contributed by atoms with Crippen LogP contribution in [0.25, 0.3) is 0 Å². The lowest BCUT2D eigenvalue weighted by Crippen LogP contribution is -2.01. The highest BCUT2D eigenvalue weighted by molar-refractivity contribution is 8.33. The van der Waals surface area contributed by atoms with Crippen LogP contribution < -0.4 is 0 Å². The summed E-state index contributed by atoms with van der Waals surface area (Å²) in [6.45, 7) is 0. The molecule has 7 heteroatoms. The highest BCUT2D eigenvalue weighted by Gasteiger charge is 2.49. The molecule has 0 rings (SSSR count). The van der Waals surface area contributed by atoms with Crippen LogP contribution >= 0.6 is 39.0 Å². The lowest BCUT2D eigenvalue weighted by Gasteiger charge is -2.14. The summed E-state index contributed by atoms with van der Waals surface area (Å²) in [7, 11) is 0. The first-order valence-electron chi connectivity index (χ1n) is 1.30. The molecule has 0 aliphatic carbocycles. The zero-order valence-electron chi connectivity index (χ0n) is 3.22. The van der Waals surface area contributed by atoms with Gasteiger partial charge >= 0.3 is 5.92 Å². The summed E-state index contributed by atoms with van der Waals surface area (Å²) in [5, 5.41) is -4.18. The molecule has 0 aliphatic rings. The quantitative estimate of drug-likeness (QED) is 0.526. The summed E-state index contributed by atoms with van der Waals surface area (Å²) in [5.74, 6) is -4.66. The van der Waals surface area contributed by atoms with Gasteiger partial charge in [0.1, 0.15) is 0 Å². The van der Waals surface area contributed by atoms with Crippen molar-refractivity contribution in [1.82, 2.24) is 0 Å². The van der Waals surface area contributed by atoms with Crippen molar-refractivity contribution in [2.45, 2.75) is 5.92 Å². The Bertz CT molecular complexity index is 69.5. The maximum atomic E-state index is 11.2. The van der Waals surface area contributed by atoms with Gasteiger partial charge < -0.3 is 0 Å². The molecule has 0 N–H and O–H groups in total. The third-order valence-electron chi connectivity index (χ3n) is 0.287. The Labute approximate surface area is 58.6 Å². The van der Waals surface area contributed by atoms with Gasteiger partial charge in [0.25, 0.3) is 0 Å². The molecule has 0 unspecified atom stereocenters. The monoisotopic (exact) mass is 205 g/mol. The maximum Gasteiger partial charge on any atom is 0.441 e. The minimum absolute atomic E-state index is 4.18. The van der Waals surface area contributed by atoms with Gasteiger partial charge in [-0.25, -0.2) is 0 Å². The molecule has 0 atom stereocenters. The highest BCUT2D eigenvalue weighted by atomic mass is 36.1. The minimum atomic E-state index is -4.66. The fraction of sp³-hybridized carbons (Fsp3) is 1.00. The Hall–Kier alpha value is 1.09. The van der Waals surface area contributed by atoms with Gasteiger partial charge in [0.15, 0.2) is 0 Å². The Balaban J connectivity index is 4.02. The second-order valence-corrected chi connectivity index (χ2v) is 8.43. The molecule has 0 spiro atoms. The number of hydrogen-bond acceptors (Lipinski definition) is 0. The van der Waals surface area contributed by atoms with E-state index in [-0.39, 0.29) is 0 Å². The fourth-order valence-corrected chi connectivity index (χ4v) is 0. The predicted octanol–water partition coefficient (Wildman–Crippen LogP) is 3.99. The molecule has 51 valence electrons. The molecule has 0 aromatic carbocycles. The minimum Gasteiger partial charge on any atom is -0.164 e. The fourth-order valence-electron chi connectivity index (χ4n) is 0. The van der Waals surface area contributed by atoms with E-state index in [0.29, 0.717) is 0 Å². The summed E-state index contributed by atoms with van der Waals surface area (Å²) >= 11 is 13.6. The Kier molecular flexibility index (Phi) is 2.70. The van der Waals surface area contributed by atoms with Crippen LogP contribution in [0.1, 0.15) is 0 Å². The van der Waals surface area contributed by atoms with E-state index in [0.717, 1.165) is 0 Å². The Morgan fingerprint density at radius 1 is 1.00 bits per heavy atom. The van der Waals surface area contributed by atoms with Crippen molar-refractivity contribution in [2.24, 2.45) is 0 Å². The summed E-state index contributed by atoms with van der Waals surface area (Å²) in [5.41, 5.74) is 0. The first-order valence-corrected chi connectivity index (χ1v) is 5.80. The first-order chi connectivity index (χ1) is 3.25. The lowest BCUT2D eigenvalue weighted by atomic mass is 11.6. The SMILES string of the molecule is FC(F)(F)[P](Cl)(Cl)Cl. The van der Waals surface area contributed by atoms with Crippen LogP contribution in [0, 0.1) is 0 Å². The molecule has 0 fully saturated rings. The average Bonchev–Trinajstić information content (AvgIpc) is 1.25. The van der Waals surface area contributed by atoms with Gasteiger partial charge in [-0.3, -0.25) is 0 Å². The third kappa shape index (κ3) is 2.58. The van der Waals surface area contributed by atoms with Crippen LogP contribution in [0.2, 0.25) is 0 Å². The number of halogens is 6. The molecule has 0 aliphatic heterocycles. The number of hydrogen-bond donors (Lipinski definition) is 0. The molecule has 0 heterocycles. The van der Waals surface area contributed by atoms with Crippen LogP contribution in [0.3, 0.4) is 0 Å². The number of rotatable bonds is 0. The Morgan fingerprint density at radius 2 is 1.12 bits per heavy atom. The van der Waals surface area contributed by atoms with Crippen molar-refractivity contribution >= 4 is 39.0 Å². The van der Waals surface area contributed by atoms with Crippen molar-refractivity contribution in [3.8, 4) is 0 Å². The molecule has 0 amide bonds. The van der Waals surface area contributed by atoms with E-state index < -0.39 is 11.2 Å². The van der Waals surface area contributed by atoms with Crippen LogP contribution in [0.4, 0.5) is 13.2 Å². The van der Waals surface area contributed by atoms with Gasteiger partial charge in [-0.1, -0.05) is 33.7 Å². The van der Waals surface area contributed by atoms with E-state index in [4.69, 9.17) is 0 Å². The molecule has 0 aromatic rings. The topological polar surface area (TPSA) is 0 Å². The van der Waals surface area contributed by atoms with Gasteiger partial charge in [-0.05, 0) is 0 Å². The van der Waals surface area contributed by atoms with Gasteiger partial charge in [0.05, 0.1) is 0 Å². The summed E-state index contributed by atoms with van der Waals surface area (Å²) in [4.78, 5) is 0. The normalized spacial score (nSPS) is 14.2. The Morgan fingerprint density at radius 3 is 1.12 bits per heavy atom.